The van der Waals surface area contributed by atoms with Crippen LogP contribution in [0.5, 0.6) is 0 Å². The molecule has 162 valence electrons. The van der Waals surface area contributed by atoms with E-state index in [1.165, 1.54) is 22.4 Å². The molecule has 0 fully saturated rings. The Bertz CT molecular complexity index is 781. The van der Waals surface area contributed by atoms with Gasteiger partial charge in [0, 0.05) is 0 Å². The SMILES string of the molecule is Cc1cc(C)c(-n2cc[n+]([C@H](CO)CC(C)C)c2)c(C)c1.F[P-](F)(F)(F)(F)F. The molecule has 0 aliphatic rings. The Balaban J connectivity index is 0.000000480. The number of aliphatic hydroxyl groups excluding tert-OH is 1. The molecule has 1 heterocycles. The van der Waals surface area contributed by atoms with Crippen molar-refractivity contribution in [3.63, 3.8) is 0 Å². The number of imidazole rings is 1. The fourth-order valence-corrected chi connectivity index (χ4v) is 3.13. The normalized spacial score (nSPS) is 15.5. The molecule has 2 aromatic rings. The summed E-state index contributed by atoms with van der Waals surface area (Å²) in [5, 5.41) is 9.62. The minimum atomic E-state index is -10.7. The van der Waals surface area contributed by atoms with Gasteiger partial charge in [-0.05, 0) is 44.2 Å². The van der Waals surface area contributed by atoms with E-state index in [1.54, 1.807) is 0 Å². The third-order valence-electron chi connectivity index (χ3n) is 3.93. The van der Waals surface area contributed by atoms with Crippen LogP contribution in [0.15, 0.2) is 30.9 Å². The third-order valence-corrected chi connectivity index (χ3v) is 3.93. The van der Waals surface area contributed by atoms with E-state index >= 15 is 0 Å². The summed E-state index contributed by atoms with van der Waals surface area (Å²) in [4.78, 5) is 0. The van der Waals surface area contributed by atoms with E-state index in [4.69, 9.17) is 0 Å². The molecule has 2 rings (SSSR count). The van der Waals surface area contributed by atoms with Crippen LogP contribution in [0, 0.1) is 26.7 Å². The molecule has 0 spiro atoms. The van der Waals surface area contributed by atoms with Crippen LogP contribution in [-0.4, -0.2) is 16.3 Å². The van der Waals surface area contributed by atoms with Crippen molar-refractivity contribution in [1.82, 2.24) is 4.57 Å². The summed E-state index contributed by atoms with van der Waals surface area (Å²) in [6.45, 7) is 11.0. The molecule has 3 nitrogen and oxygen atoms in total. The number of rotatable bonds is 5. The quantitative estimate of drug-likeness (QED) is 0.320. The molecule has 0 unspecified atom stereocenters. The first kappa shape index (κ1) is 24.4. The third kappa shape index (κ3) is 9.55. The van der Waals surface area contributed by atoms with Crippen molar-refractivity contribution in [1.29, 1.82) is 0 Å². The van der Waals surface area contributed by atoms with Gasteiger partial charge in [0.15, 0.2) is 0 Å². The predicted octanol–water partition coefficient (Wildman–Crippen LogP) is 6.65. The van der Waals surface area contributed by atoms with Crippen molar-refractivity contribution in [2.24, 2.45) is 5.92 Å². The summed E-state index contributed by atoms with van der Waals surface area (Å²) in [6.07, 6.45) is 7.21. The fourth-order valence-electron chi connectivity index (χ4n) is 3.13. The summed E-state index contributed by atoms with van der Waals surface area (Å²) in [5.41, 5.74) is 5.08. The van der Waals surface area contributed by atoms with Gasteiger partial charge in [-0.15, -0.1) is 0 Å². The van der Waals surface area contributed by atoms with Crippen molar-refractivity contribution < 1.29 is 34.9 Å². The average Bonchev–Trinajstić information content (AvgIpc) is 2.89. The minimum absolute atomic E-state index is 0.150. The molecule has 0 bridgehead atoms. The van der Waals surface area contributed by atoms with Gasteiger partial charge in [-0.1, -0.05) is 31.5 Å². The molecule has 1 aromatic heterocycles. The molecule has 0 amide bonds. The van der Waals surface area contributed by atoms with Gasteiger partial charge in [0.05, 0.1) is 6.61 Å². The van der Waals surface area contributed by atoms with Gasteiger partial charge >= 0.3 is 33.0 Å². The first-order valence-corrected chi connectivity index (χ1v) is 10.7. The molecule has 10 heteroatoms. The Morgan fingerprint density at radius 3 is 1.86 bits per heavy atom. The van der Waals surface area contributed by atoms with Gasteiger partial charge in [0.25, 0.3) is 0 Å². The van der Waals surface area contributed by atoms with Gasteiger partial charge in [-0.3, -0.25) is 0 Å². The van der Waals surface area contributed by atoms with Gasteiger partial charge in [-0.25, -0.2) is 9.13 Å². The maximum atomic E-state index is 9.87. The first-order valence-electron chi connectivity index (χ1n) is 8.71. The molecule has 0 aliphatic carbocycles. The number of hydrogen-bond donors (Lipinski definition) is 1. The Morgan fingerprint density at radius 2 is 1.46 bits per heavy atom. The van der Waals surface area contributed by atoms with E-state index in [0.717, 1.165) is 6.42 Å². The van der Waals surface area contributed by atoms with E-state index in [9.17, 15) is 30.3 Å². The van der Waals surface area contributed by atoms with Crippen molar-refractivity contribution in [3.05, 3.63) is 47.5 Å². The van der Waals surface area contributed by atoms with E-state index in [0.29, 0.717) is 5.92 Å². The Hall–Kier alpha value is -1.60. The molecule has 28 heavy (non-hydrogen) atoms. The van der Waals surface area contributed by atoms with Crippen LogP contribution >= 0.6 is 7.81 Å². The number of benzene rings is 1. The molecule has 0 aliphatic heterocycles. The number of hydrogen-bond acceptors (Lipinski definition) is 1. The van der Waals surface area contributed by atoms with E-state index in [-0.39, 0.29) is 12.6 Å². The van der Waals surface area contributed by atoms with Gasteiger partial charge in [0.1, 0.15) is 24.1 Å². The van der Waals surface area contributed by atoms with Crippen LogP contribution < -0.4 is 4.57 Å². The molecule has 0 radical (unpaired) electrons. The monoisotopic (exact) mass is 432 g/mol. The second-order valence-corrected chi connectivity index (χ2v) is 9.36. The number of aromatic nitrogens is 2. The van der Waals surface area contributed by atoms with Crippen molar-refractivity contribution >= 4 is 7.81 Å². The van der Waals surface area contributed by atoms with Crippen LogP contribution in [0.1, 0.15) is 43.0 Å². The van der Waals surface area contributed by atoms with Crippen LogP contribution in [0.3, 0.4) is 0 Å². The molecule has 0 saturated heterocycles. The van der Waals surface area contributed by atoms with Crippen LogP contribution in [0.25, 0.3) is 5.69 Å². The standard InChI is InChI=1S/C18H27N2O.F6P/c1-13(2)8-17(11-21)19-6-7-20(12-19)18-15(4)9-14(3)10-16(18)5;1-7(2,3,4,5)6/h6-7,9-10,12-13,17,21H,8,11H2,1-5H3;/q+1;-1/t17-;/m0./s1. The van der Waals surface area contributed by atoms with Crippen molar-refractivity contribution in [2.75, 3.05) is 6.61 Å². The predicted molar refractivity (Wildman–Crippen MR) is 99.3 cm³/mol. The molecule has 1 aromatic carbocycles. The Morgan fingerprint density at radius 1 is 1.00 bits per heavy atom. The van der Waals surface area contributed by atoms with Gasteiger partial charge in [-0.2, -0.15) is 0 Å². The average molecular weight is 432 g/mol. The first-order chi connectivity index (χ1) is 12.4. The second-order valence-electron chi connectivity index (χ2n) is 7.44. The van der Waals surface area contributed by atoms with E-state index in [2.05, 4.69) is 74.6 Å². The summed E-state index contributed by atoms with van der Waals surface area (Å²) in [6, 6.07) is 4.58. The number of nitrogens with zero attached hydrogens (tertiary/aromatic N) is 2. The summed E-state index contributed by atoms with van der Waals surface area (Å²) < 4.78 is 63.5. The van der Waals surface area contributed by atoms with Crippen molar-refractivity contribution in [3.8, 4) is 5.69 Å². The fraction of sp³-hybridized carbons (Fsp3) is 0.500. The van der Waals surface area contributed by atoms with Gasteiger partial charge < -0.3 is 5.11 Å². The Labute approximate surface area is 160 Å². The van der Waals surface area contributed by atoms with Crippen LogP contribution in [0.2, 0.25) is 0 Å². The number of aliphatic hydroxyl groups is 1. The van der Waals surface area contributed by atoms with Gasteiger partial charge in [0.2, 0.25) is 6.33 Å². The molecule has 0 saturated carbocycles. The van der Waals surface area contributed by atoms with Crippen LogP contribution in [0.4, 0.5) is 25.2 Å². The molecule has 1 atom stereocenters. The second kappa shape index (κ2) is 7.67. The zero-order valence-corrected chi connectivity index (χ0v) is 17.4. The zero-order valence-electron chi connectivity index (χ0n) is 16.5. The topological polar surface area (TPSA) is 29.0 Å². The van der Waals surface area contributed by atoms with Crippen molar-refractivity contribution in [2.45, 2.75) is 47.1 Å². The summed E-state index contributed by atoms with van der Waals surface area (Å²) in [5.74, 6) is 0.570. The number of halogens is 6. The molecular weight excluding hydrogens is 405 g/mol. The maximum absolute atomic E-state index is 10.7. The molecule has 1 N–H and O–H groups in total. The summed E-state index contributed by atoms with van der Waals surface area (Å²) in [7, 11) is -10.7. The zero-order chi connectivity index (χ0) is 22.0. The number of aryl methyl sites for hydroxylation is 3. The Kier molecular flexibility index (Phi) is 6.70. The summed E-state index contributed by atoms with van der Waals surface area (Å²) >= 11 is 0. The van der Waals surface area contributed by atoms with Crippen LogP contribution in [-0.2, 0) is 0 Å². The van der Waals surface area contributed by atoms with E-state index < -0.39 is 7.81 Å². The molecular formula is C18H27F6N2OP. The van der Waals surface area contributed by atoms with E-state index in [1.807, 2.05) is 0 Å².